The molecule has 1 aromatic carbocycles. The van der Waals surface area contributed by atoms with E-state index in [1.165, 1.54) is 0 Å². The van der Waals surface area contributed by atoms with E-state index in [4.69, 9.17) is 4.74 Å². The smallest absolute Gasteiger partial charge is 0.389 e. The summed E-state index contributed by atoms with van der Waals surface area (Å²) in [6.07, 6.45) is -4.88. The molecule has 0 aliphatic heterocycles. The highest BCUT2D eigenvalue weighted by Gasteiger charge is 2.26. The molecular formula is C11H13F3O. The van der Waals surface area contributed by atoms with Crippen molar-refractivity contribution < 1.29 is 17.9 Å². The lowest BCUT2D eigenvalue weighted by Crippen LogP contribution is -2.08. The average molecular weight is 218 g/mol. The van der Waals surface area contributed by atoms with E-state index in [0.29, 0.717) is 17.9 Å². The van der Waals surface area contributed by atoms with Gasteiger partial charge in [-0.05, 0) is 31.0 Å². The highest BCUT2D eigenvalue weighted by molar-refractivity contribution is 5.28. The van der Waals surface area contributed by atoms with Crippen molar-refractivity contribution in [3.8, 4) is 5.75 Å². The Bertz CT molecular complexity index is 307. The van der Waals surface area contributed by atoms with Crippen LogP contribution >= 0.6 is 0 Å². The minimum Gasteiger partial charge on any atom is -0.494 e. The fourth-order valence-electron chi connectivity index (χ4n) is 1.24. The van der Waals surface area contributed by atoms with Gasteiger partial charge >= 0.3 is 6.18 Å². The Morgan fingerprint density at radius 1 is 1.27 bits per heavy atom. The second-order valence-electron chi connectivity index (χ2n) is 3.20. The van der Waals surface area contributed by atoms with Gasteiger partial charge in [0.05, 0.1) is 6.61 Å². The minimum atomic E-state index is -4.10. The molecule has 1 aromatic rings. The van der Waals surface area contributed by atoms with Gasteiger partial charge in [0.2, 0.25) is 0 Å². The van der Waals surface area contributed by atoms with Crippen molar-refractivity contribution in [1.82, 2.24) is 0 Å². The van der Waals surface area contributed by atoms with Gasteiger partial charge in [0.25, 0.3) is 0 Å². The predicted molar refractivity (Wildman–Crippen MR) is 52.0 cm³/mol. The third-order valence-corrected chi connectivity index (χ3v) is 1.91. The van der Waals surface area contributed by atoms with E-state index >= 15 is 0 Å². The van der Waals surface area contributed by atoms with E-state index in [-0.39, 0.29) is 6.42 Å². The molecule has 0 saturated carbocycles. The molecule has 0 atom stereocenters. The van der Waals surface area contributed by atoms with Crippen molar-refractivity contribution in [2.24, 2.45) is 0 Å². The average Bonchev–Trinajstić information content (AvgIpc) is 2.15. The van der Waals surface area contributed by atoms with E-state index in [9.17, 15) is 13.2 Å². The molecule has 0 N–H and O–H groups in total. The second-order valence-corrected chi connectivity index (χ2v) is 3.20. The molecule has 84 valence electrons. The lowest BCUT2D eigenvalue weighted by Gasteiger charge is -2.08. The van der Waals surface area contributed by atoms with Gasteiger partial charge < -0.3 is 4.74 Å². The monoisotopic (exact) mass is 218 g/mol. The molecule has 15 heavy (non-hydrogen) atoms. The lowest BCUT2D eigenvalue weighted by molar-refractivity contribution is -0.134. The zero-order valence-electron chi connectivity index (χ0n) is 8.47. The van der Waals surface area contributed by atoms with Crippen LogP contribution in [0.1, 0.15) is 18.9 Å². The van der Waals surface area contributed by atoms with Crippen molar-refractivity contribution in [2.45, 2.75) is 25.9 Å². The van der Waals surface area contributed by atoms with Crippen molar-refractivity contribution in [3.05, 3.63) is 29.8 Å². The van der Waals surface area contributed by atoms with Crippen LogP contribution in [0.25, 0.3) is 0 Å². The van der Waals surface area contributed by atoms with Crippen LogP contribution in [0.15, 0.2) is 24.3 Å². The fraction of sp³-hybridized carbons (Fsp3) is 0.455. The largest absolute Gasteiger partial charge is 0.494 e. The molecule has 0 aromatic heterocycles. The Morgan fingerprint density at radius 2 is 2.00 bits per heavy atom. The molecule has 0 bridgehead atoms. The summed E-state index contributed by atoms with van der Waals surface area (Å²) in [6.45, 7) is 2.35. The number of hydrogen-bond acceptors (Lipinski definition) is 1. The van der Waals surface area contributed by atoms with Gasteiger partial charge in [-0.1, -0.05) is 12.1 Å². The van der Waals surface area contributed by atoms with Crippen molar-refractivity contribution in [1.29, 1.82) is 0 Å². The minimum absolute atomic E-state index is 0.00438. The maximum atomic E-state index is 12.0. The number of ether oxygens (including phenoxy) is 1. The molecule has 0 aliphatic carbocycles. The summed E-state index contributed by atoms with van der Waals surface area (Å²) in [6, 6.07) is 6.76. The molecule has 0 saturated heterocycles. The number of rotatable bonds is 4. The molecule has 1 nitrogen and oxygen atoms in total. The van der Waals surface area contributed by atoms with Crippen LogP contribution in [0.4, 0.5) is 13.2 Å². The van der Waals surface area contributed by atoms with Crippen molar-refractivity contribution in [3.63, 3.8) is 0 Å². The van der Waals surface area contributed by atoms with E-state index in [2.05, 4.69) is 0 Å². The maximum absolute atomic E-state index is 12.0. The molecule has 0 spiro atoms. The van der Waals surface area contributed by atoms with Crippen LogP contribution in [0.3, 0.4) is 0 Å². The van der Waals surface area contributed by atoms with Crippen LogP contribution in [0, 0.1) is 0 Å². The predicted octanol–water partition coefficient (Wildman–Crippen LogP) is 3.58. The van der Waals surface area contributed by atoms with Crippen LogP contribution < -0.4 is 4.74 Å². The highest BCUT2D eigenvalue weighted by atomic mass is 19.4. The number of halogens is 3. The highest BCUT2D eigenvalue weighted by Crippen LogP contribution is 2.23. The summed E-state index contributed by atoms with van der Waals surface area (Å²) in [5, 5.41) is 0. The molecule has 4 heteroatoms. The normalized spacial score (nSPS) is 11.5. The first-order chi connectivity index (χ1) is 7.01. The first-order valence-electron chi connectivity index (χ1n) is 4.80. The van der Waals surface area contributed by atoms with E-state index < -0.39 is 12.6 Å². The van der Waals surface area contributed by atoms with Crippen molar-refractivity contribution in [2.75, 3.05) is 6.61 Å². The zero-order valence-corrected chi connectivity index (χ0v) is 8.47. The van der Waals surface area contributed by atoms with Gasteiger partial charge in [0, 0.05) is 6.42 Å². The Labute approximate surface area is 86.9 Å². The Balaban J connectivity index is 2.57. The first-order valence-corrected chi connectivity index (χ1v) is 4.80. The number of aryl methyl sites for hydroxylation is 1. The third kappa shape index (κ3) is 4.72. The standard InChI is InChI=1S/C11H13F3O/c1-2-15-10-5-3-4-9(8-10)6-7-11(12,13)14/h3-5,8H,2,6-7H2,1H3. The second kappa shape index (κ2) is 5.05. The Morgan fingerprint density at radius 3 is 2.60 bits per heavy atom. The number of benzene rings is 1. The molecule has 0 aliphatic rings. The van der Waals surface area contributed by atoms with Gasteiger partial charge in [0.1, 0.15) is 5.75 Å². The summed E-state index contributed by atoms with van der Waals surface area (Å²) >= 11 is 0. The van der Waals surface area contributed by atoms with Crippen molar-refractivity contribution >= 4 is 0 Å². The molecule has 0 heterocycles. The first kappa shape index (κ1) is 11.9. The summed E-state index contributed by atoms with van der Waals surface area (Å²) in [4.78, 5) is 0. The SMILES string of the molecule is CCOc1cccc(CCC(F)(F)F)c1. The van der Waals surface area contributed by atoms with E-state index in [1.807, 2.05) is 6.92 Å². The van der Waals surface area contributed by atoms with Gasteiger partial charge in [-0.25, -0.2) is 0 Å². The number of hydrogen-bond donors (Lipinski definition) is 0. The van der Waals surface area contributed by atoms with Crippen LogP contribution in [-0.2, 0) is 6.42 Å². The van der Waals surface area contributed by atoms with Gasteiger partial charge in [0.15, 0.2) is 0 Å². The molecule has 0 unspecified atom stereocenters. The van der Waals surface area contributed by atoms with Crippen LogP contribution in [0.5, 0.6) is 5.75 Å². The summed E-state index contributed by atoms with van der Waals surface area (Å²) in [5.74, 6) is 0.622. The van der Waals surface area contributed by atoms with Crippen LogP contribution in [-0.4, -0.2) is 12.8 Å². The zero-order chi connectivity index (χ0) is 11.3. The lowest BCUT2D eigenvalue weighted by atomic mass is 10.1. The molecule has 1 rings (SSSR count). The third-order valence-electron chi connectivity index (χ3n) is 1.91. The van der Waals surface area contributed by atoms with Gasteiger partial charge in [-0.15, -0.1) is 0 Å². The summed E-state index contributed by atoms with van der Waals surface area (Å²) in [5.41, 5.74) is 0.651. The number of alkyl halides is 3. The quantitative estimate of drug-likeness (QED) is 0.750. The fourth-order valence-corrected chi connectivity index (χ4v) is 1.24. The van der Waals surface area contributed by atoms with Crippen LogP contribution in [0.2, 0.25) is 0 Å². The molecule has 0 amide bonds. The summed E-state index contributed by atoms with van der Waals surface area (Å²) < 4.78 is 41.1. The van der Waals surface area contributed by atoms with Gasteiger partial charge in [-0.2, -0.15) is 13.2 Å². The summed E-state index contributed by atoms with van der Waals surface area (Å²) in [7, 11) is 0. The van der Waals surface area contributed by atoms with E-state index in [0.717, 1.165) is 0 Å². The topological polar surface area (TPSA) is 9.23 Å². The Kier molecular flexibility index (Phi) is 4.00. The molecule has 0 radical (unpaired) electrons. The molecular weight excluding hydrogens is 205 g/mol. The van der Waals surface area contributed by atoms with Gasteiger partial charge in [-0.3, -0.25) is 0 Å². The van der Waals surface area contributed by atoms with E-state index in [1.54, 1.807) is 24.3 Å². The maximum Gasteiger partial charge on any atom is 0.389 e. The molecule has 0 fully saturated rings. The Hall–Kier alpha value is -1.19.